The maximum Gasteiger partial charge on any atom is 0.571 e. The molecule has 0 N–H and O–H groups in total. The van der Waals surface area contributed by atoms with Gasteiger partial charge >= 0.3 is 9.53 Å². The minimum atomic E-state index is -1.95. The van der Waals surface area contributed by atoms with E-state index in [2.05, 4.69) is 5.16 Å². The minimum Gasteiger partial charge on any atom is -0.396 e. The quantitative estimate of drug-likeness (QED) is 0.354. The van der Waals surface area contributed by atoms with Gasteiger partial charge < -0.3 is 13.4 Å². The summed E-state index contributed by atoms with van der Waals surface area (Å²) in [6, 6.07) is 0. The Morgan fingerprint density at radius 1 is 1.36 bits per heavy atom. The Balaban J connectivity index is 3.65. The van der Waals surface area contributed by atoms with Crippen molar-refractivity contribution in [1.82, 2.24) is 0 Å². The molecule has 11 heavy (non-hydrogen) atoms. The number of hydrogen-bond donors (Lipinski definition) is 0. The van der Waals surface area contributed by atoms with Crippen LogP contribution in [0.3, 0.4) is 0 Å². The van der Waals surface area contributed by atoms with Crippen molar-refractivity contribution in [3.05, 3.63) is 0 Å². The van der Waals surface area contributed by atoms with E-state index in [4.69, 9.17) is 13.4 Å². The Labute approximate surface area is 69.1 Å². The third-order valence-corrected chi connectivity index (χ3v) is 2.24. The van der Waals surface area contributed by atoms with Crippen LogP contribution in [0.25, 0.3) is 0 Å². The molecule has 0 fully saturated rings. The normalized spacial score (nSPS) is 12.3. The van der Waals surface area contributed by atoms with Gasteiger partial charge in [-0.05, 0) is 13.3 Å². The van der Waals surface area contributed by atoms with Gasteiger partial charge in [0.1, 0.15) is 0 Å². The summed E-state index contributed by atoms with van der Waals surface area (Å²) < 4.78 is 14.7. The van der Waals surface area contributed by atoms with Gasteiger partial charge in [-0.2, -0.15) is 0 Å². The van der Waals surface area contributed by atoms with Crippen molar-refractivity contribution in [3.63, 3.8) is 0 Å². The van der Waals surface area contributed by atoms with Crippen LogP contribution in [0.5, 0.6) is 0 Å². The molecule has 66 valence electrons. The van der Waals surface area contributed by atoms with E-state index in [1.54, 1.807) is 14.2 Å². The van der Waals surface area contributed by atoms with Crippen LogP contribution >= 0.6 is 0 Å². The summed E-state index contributed by atoms with van der Waals surface area (Å²) in [7, 11) is 1.16. The molecule has 0 atom stereocenters. The molecule has 0 aromatic carbocycles. The van der Waals surface area contributed by atoms with Crippen molar-refractivity contribution in [2.24, 2.45) is 5.16 Å². The van der Waals surface area contributed by atoms with Gasteiger partial charge in [-0.25, -0.2) is 0 Å². The molecule has 0 unspecified atom stereocenters. The minimum absolute atomic E-state index is 0.883. The van der Waals surface area contributed by atoms with Crippen LogP contribution in [0, 0.1) is 0 Å². The molecule has 0 aliphatic rings. The van der Waals surface area contributed by atoms with Gasteiger partial charge in [0, 0.05) is 14.2 Å². The zero-order chi connectivity index (χ0) is 8.69. The molecule has 0 aliphatic carbocycles. The lowest BCUT2D eigenvalue weighted by molar-refractivity contribution is 0.140. The number of hydrogen-bond acceptors (Lipinski definition) is 4. The molecule has 0 amide bonds. The third-order valence-electron chi connectivity index (χ3n) is 1.19. The molecule has 0 radical (unpaired) electrons. The number of oxime groups is 1. The van der Waals surface area contributed by atoms with Crippen molar-refractivity contribution in [1.29, 1.82) is 0 Å². The Bertz CT molecular complexity index is 125. The van der Waals surface area contributed by atoms with Gasteiger partial charge in [-0.15, -0.1) is 5.16 Å². The van der Waals surface area contributed by atoms with E-state index in [-0.39, 0.29) is 0 Å². The van der Waals surface area contributed by atoms with E-state index < -0.39 is 9.53 Å². The summed E-state index contributed by atoms with van der Waals surface area (Å²) >= 11 is 0. The highest BCUT2D eigenvalue weighted by Crippen LogP contribution is 1.91. The number of rotatable bonds is 5. The molecule has 0 spiro atoms. The van der Waals surface area contributed by atoms with Crippen LogP contribution in [-0.4, -0.2) is 29.5 Å². The molecule has 0 bridgehead atoms. The Kier molecular flexibility index (Phi) is 6.10. The van der Waals surface area contributed by atoms with Crippen molar-refractivity contribution in [2.45, 2.75) is 20.3 Å². The zero-order valence-corrected chi connectivity index (χ0v) is 8.61. The summed E-state index contributed by atoms with van der Waals surface area (Å²) in [5.74, 6) is 0. The maximum atomic E-state index is 4.98. The van der Waals surface area contributed by atoms with Crippen molar-refractivity contribution in [2.75, 3.05) is 14.2 Å². The smallest absolute Gasteiger partial charge is 0.396 e. The zero-order valence-electron chi connectivity index (χ0n) is 7.46. The average Bonchev–Trinajstić information content (AvgIpc) is 2.06. The van der Waals surface area contributed by atoms with Gasteiger partial charge in [0.15, 0.2) is 0 Å². The SMILES string of the molecule is CCC(C)=NO[SiH](OC)OC. The largest absolute Gasteiger partial charge is 0.571 e. The Morgan fingerprint density at radius 3 is 2.27 bits per heavy atom. The monoisotopic (exact) mass is 177 g/mol. The van der Waals surface area contributed by atoms with Gasteiger partial charge in [0.25, 0.3) is 0 Å². The van der Waals surface area contributed by atoms with Crippen LogP contribution in [-0.2, 0) is 13.4 Å². The summed E-state index contributed by atoms with van der Waals surface area (Å²) in [6.45, 7) is 3.91. The molecule has 0 saturated heterocycles. The lowest BCUT2D eigenvalue weighted by Crippen LogP contribution is -2.21. The fourth-order valence-corrected chi connectivity index (χ4v) is 1.01. The standard InChI is InChI=1S/C6H15NO3Si/c1-5-6(2)7-10-11(8-3)9-4/h11H,5H2,1-4H3. The van der Waals surface area contributed by atoms with Gasteiger partial charge in [-0.1, -0.05) is 6.92 Å². The van der Waals surface area contributed by atoms with Crippen LogP contribution < -0.4 is 0 Å². The number of nitrogens with zero attached hydrogens (tertiary/aromatic N) is 1. The van der Waals surface area contributed by atoms with Gasteiger partial charge in [0.2, 0.25) is 0 Å². The molecule has 0 aromatic heterocycles. The first-order chi connectivity index (χ1) is 5.24. The lowest BCUT2D eigenvalue weighted by Gasteiger charge is -2.07. The van der Waals surface area contributed by atoms with Crippen LogP contribution in [0.2, 0.25) is 0 Å². The highest BCUT2D eigenvalue weighted by molar-refractivity contribution is 6.36. The van der Waals surface area contributed by atoms with E-state index in [1.807, 2.05) is 13.8 Å². The lowest BCUT2D eigenvalue weighted by atomic mass is 10.3. The van der Waals surface area contributed by atoms with E-state index in [1.165, 1.54) is 0 Å². The van der Waals surface area contributed by atoms with E-state index in [9.17, 15) is 0 Å². The van der Waals surface area contributed by atoms with E-state index in [0.29, 0.717) is 0 Å². The third kappa shape index (κ3) is 4.94. The molecule has 0 aromatic rings. The molecule has 0 aliphatic heterocycles. The topological polar surface area (TPSA) is 40.0 Å². The predicted octanol–water partition coefficient (Wildman–Crippen LogP) is 0.799. The second kappa shape index (κ2) is 6.33. The molecule has 5 heteroatoms. The molecule has 4 nitrogen and oxygen atoms in total. The fraction of sp³-hybridized carbons (Fsp3) is 0.833. The van der Waals surface area contributed by atoms with Gasteiger partial charge in [-0.3, -0.25) is 0 Å². The summed E-state index contributed by atoms with van der Waals surface area (Å²) in [4.78, 5) is 0. The van der Waals surface area contributed by atoms with Crippen molar-refractivity contribution in [3.8, 4) is 0 Å². The van der Waals surface area contributed by atoms with Crippen molar-refractivity contribution >= 4 is 15.2 Å². The first-order valence-corrected chi connectivity index (χ1v) is 4.90. The molecule has 0 rings (SSSR count). The first kappa shape index (κ1) is 10.6. The van der Waals surface area contributed by atoms with Crippen LogP contribution in [0.4, 0.5) is 0 Å². The highest BCUT2D eigenvalue weighted by Gasteiger charge is 2.11. The summed E-state index contributed by atoms with van der Waals surface area (Å²) in [5, 5.41) is 3.81. The molecule has 0 saturated carbocycles. The van der Waals surface area contributed by atoms with Crippen LogP contribution in [0.15, 0.2) is 5.16 Å². The summed E-state index contributed by atoms with van der Waals surface area (Å²) in [6.07, 6.45) is 0.883. The molecular formula is C6H15NO3Si. The van der Waals surface area contributed by atoms with E-state index >= 15 is 0 Å². The fourth-order valence-electron chi connectivity index (χ4n) is 0.380. The summed E-state index contributed by atoms with van der Waals surface area (Å²) in [5.41, 5.74) is 0.941. The Hall–Kier alpha value is -0.393. The average molecular weight is 177 g/mol. The van der Waals surface area contributed by atoms with Gasteiger partial charge in [0.05, 0.1) is 5.71 Å². The second-order valence-electron chi connectivity index (χ2n) is 2.05. The Morgan fingerprint density at radius 2 is 1.91 bits per heavy atom. The van der Waals surface area contributed by atoms with Crippen molar-refractivity contribution < 1.29 is 13.4 Å². The highest BCUT2D eigenvalue weighted by atomic mass is 28.3. The molecule has 0 heterocycles. The predicted molar refractivity (Wildman–Crippen MR) is 45.7 cm³/mol. The molecular weight excluding hydrogens is 162 g/mol. The maximum absolute atomic E-state index is 4.98. The van der Waals surface area contributed by atoms with Crippen LogP contribution in [0.1, 0.15) is 20.3 Å². The first-order valence-electron chi connectivity index (χ1n) is 3.49. The second-order valence-corrected chi connectivity index (χ2v) is 3.78. The van der Waals surface area contributed by atoms with E-state index in [0.717, 1.165) is 12.1 Å².